The van der Waals surface area contributed by atoms with Gasteiger partial charge in [-0.2, -0.15) is 0 Å². The van der Waals surface area contributed by atoms with Gasteiger partial charge < -0.3 is 15.0 Å². The Labute approximate surface area is 117 Å². The summed E-state index contributed by atoms with van der Waals surface area (Å²) in [4.78, 5) is -0.0845. The van der Waals surface area contributed by atoms with Crippen molar-refractivity contribution < 1.29 is 17.7 Å². The second-order valence-electron chi connectivity index (χ2n) is 3.51. The number of halogens is 1. The normalized spacial score (nSPS) is 11.3. The molecule has 0 aliphatic carbocycles. The summed E-state index contributed by atoms with van der Waals surface area (Å²) in [6.07, 6.45) is 1.25. The predicted octanol–water partition coefficient (Wildman–Crippen LogP) is 1.83. The molecule has 0 aliphatic heterocycles. The van der Waals surface area contributed by atoms with E-state index in [1.165, 1.54) is 31.6 Å². The number of nitrogens with two attached hydrogens (primary N) is 1. The lowest BCUT2D eigenvalue weighted by atomic mass is 10.3. The van der Waals surface area contributed by atoms with Crippen molar-refractivity contribution in [1.82, 2.24) is 5.16 Å². The minimum atomic E-state index is -3.86. The van der Waals surface area contributed by atoms with Gasteiger partial charge >= 0.3 is 0 Å². The third kappa shape index (κ3) is 2.82. The van der Waals surface area contributed by atoms with Crippen LogP contribution in [0.15, 0.2) is 38.4 Å². The molecule has 1 aromatic heterocycles. The van der Waals surface area contributed by atoms with Gasteiger partial charge in [0.1, 0.15) is 16.9 Å². The zero-order valence-corrected chi connectivity index (χ0v) is 12.2. The summed E-state index contributed by atoms with van der Waals surface area (Å²) in [6.45, 7) is 0. The highest BCUT2D eigenvalue weighted by Gasteiger charge is 2.22. The van der Waals surface area contributed by atoms with Gasteiger partial charge in [0.15, 0.2) is 5.82 Å². The zero-order chi connectivity index (χ0) is 14.0. The highest BCUT2D eigenvalue weighted by atomic mass is 79.9. The third-order valence-corrected chi connectivity index (χ3v) is 4.31. The van der Waals surface area contributed by atoms with Crippen LogP contribution >= 0.6 is 15.9 Å². The summed E-state index contributed by atoms with van der Waals surface area (Å²) in [5.41, 5.74) is 5.96. The summed E-state index contributed by atoms with van der Waals surface area (Å²) in [6, 6.07) is 4.16. The van der Waals surface area contributed by atoms with Crippen LogP contribution in [0.3, 0.4) is 0 Å². The van der Waals surface area contributed by atoms with Gasteiger partial charge in [0, 0.05) is 16.2 Å². The molecule has 1 aromatic carbocycles. The number of nitrogens with zero attached hydrogens (tertiary/aromatic N) is 1. The number of rotatable bonds is 4. The molecule has 2 rings (SSSR count). The monoisotopic (exact) mass is 347 g/mol. The fourth-order valence-corrected chi connectivity index (χ4v) is 2.88. The second kappa shape index (κ2) is 5.10. The van der Waals surface area contributed by atoms with Crippen LogP contribution in [0.4, 0.5) is 11.5 Å². The summed E-state index contributed by atoms with van der Waals surface area (Å²) in [5.74, 6) is 0.237. The average Bonchev–Trinajstić information content (AvgIpc) is 2.84. The van der Waals surface area contributed by atoms with Gasteiger partial charge in [-0.05, 0) is 28.1 Å². The minimum absolute atomic E-state index is 0.0727. The zero-order valence-electron chi connectivity index (χ0n) is 9.75. The standard InChI is InChI=1S/C10H10BrN3O4S/c1-17-8-4-6(11)7(12)5-9(8)19(15,16)14-10-2-3-18-13-10/h2-5H,12H2,1H3,(H,13,14). The van der Waals surface area contributed by atoms with E-state index >= 15 is 0 Å². The molecule has 0 fully saturated rings. The summed E-state index contributed by atoms with van der Waals surface area (Å²) in [7, 11) is -2.50. The topological polar surface area (TPSA) is 107 Å². The van der Waals surface area contributed by atoms with Crippen LogP contribution in [0.25, 0.3) is 0 Å². The first-order chi connectivity index (χ1) is 8.94. The molecule has 102 valence electrons. The van der Waals surface area contributed by atoms with Crippen molar-refractivity contribution in [2.45, 2.75) is 4.90 Å². The van der Waals surface area contributed by atoms with E-state index in [4.69, 9.17) is 10.5 Å². The van der Waals surface area contributed by atoms with Gasteiger partial charge in [0.25, 0.3) is 10.0 Å². The largest absolute Gasteiger partial charge is 0.495 e. The van der Waals surface area contributed by atoms with Crippen LogP contribution in [0, 0.1) is 0 Å². The van der Waals surface area contributed by atoms with Gasteiger partial charge in [-0.1, -0.05) is 5.16 Å². The molecule has 3 N–H and O–H groups in total. The van der Waals surface area contributed by atoms with E-state index in [1.54, 1.807) is 0 Å². The van der Waals surface area contributed by atoms with E-state index in [-0.39, 0.29) is 22.2 Å². The lowest BCUT2D eigenvalue weighted by Crippen LogP contribution is -2.14. The van der Waals surface area contributed by atoms with Crippen molar-refractivity contribution in [3.63, 3.8) is 0 Å². The highest BCUT2D eigenvalue weighted by molar-refractivity contribution is 9.10. The molecule has 0 saturated heterocycles. The van der Waals surface area contributed by atoms with Crippen LogP contribution in [0.1, 0.15) is 0 Å². The molecule has 2 aromatic rings. The average molecular weight is 348 g/mol. The first-order valence-corrected chi connectivity index (χ1v) is 7.28. The molecule has 1 heterocycles. The van der Waals surface area contributed by atoms with Crippen LogP contribution in [0.5, 0.6) is 5.75 Å². The Kier molecular flexibility index (Phi) is 3.67. The number of nitrogen functional groups attached to an aromatic ring is 1. The van der Waals surface area contributed by atoms with E-state index in [1.807, 2.05) is 0 Å². The first-order valence-electron chi connectivity index (χ1n) is 5.00. The molecule has 0 saturated carbocycles. The molecule has 0 amide bonds. The van der Waals surface area contributed by atoms with Crippen molar-refractivity contribution in [3.8, 4) is 5.75 Å². The van der Waals surface area contributed by atoms with Crippen molar-refractivity contribution in [3.05, 3.63) is 28.9 Å². The maximum atomic E-state index is 12.2. The number of ether oxygens (including phenoxy) is 1. The molecular formula is C10H10BrN3O4S. The smallest absolute Gasteiger partial charge is 0.266 e. The fraction of sp³-hybridized carbons (Fsp3) is 0.100. The molecule has 7 nitrogen and oxygen atoms in total. The SMILES string of the molecule is COc1cc(Br)c(N)cc1S(=O)(=O)Nc1ccon1. The highest BCUT2D eigenvalue weighted by Crippen LogP contribution is 2.33. The van der Waals surface area contributed by atoms with Crippen molar-refractivity contribution >= 4 is 37.5 Å². The number of benzene rings is 1. The first kappa shape index (κ1) is 13.7. The molecule has 0 radical (unpaired) electrons. The molecule has 0 bridgehead atoms. The maximum absolute atomic E-state index is 12.2. The van der Waals surface area contributed by atoms with E-state index in [0.717, 1.165) is 0 Å². The summed E-state index contributed by atoms with van der Waals surface area (Å²) >= 11 is 3.20. The number of hydrogen-bond donors (Lipinski definition) is 2. The van der Waals surface area contributed by atoms with Gasteiger partial charge in [-0.25, -0.2) is 8.42 Å². The fourth-order valence-electron chi connectivity index (χ4n) is 1.38. The van der Waals surface area contributed by atoms with Gasteiger partial charge in [-0.15, -0.1) is 0 Å². The van der Waals surface area contributed by atoms with E-state index in [9.17, 15) is 8.42 Å². The lowest BCUT2D eigenvalue weighted by molar-refractivity contribution is 0.402. The maximum Gasteiger partial charge on any atom is 0.266 e. The van der Waals surface area contributed by atoms with Gasteiger partial charge in [0.05, 0.1) is 7.11 Å². The van der Waals surface area contributed by atoms with Crippen molar-refractivity contribution in [1.29, 1.82) is 0 Å². The molecule has 0 spiro atoms. The molecule has 9 heteroatoms. The van der Waals surface area contributed by atoms with E-state index in [2.05, 4.69) is 30.3 Å². The molecule has 0 unspecified atom stereocenters. The number of sulfonamides is 1. The Morgan fingerprint density at radius 2 is 2.21 bits per heavy atom. The number of aromatic nitrogens is 1. The molecule has 0 aliphatic rings. The number of nitrogens with one attached hydrogen (secondary N) is 1. The van der Waals surface area contributed by atoms with Crippen LogP contribution in [0.2, 0.25) is 0 Å². The molecule has 0 atom stereocenters. The van der Waals surface area contributed by atoms with Crippen molar-refractivity contribution in [2.24, 2.45) is 0 Å². The Morgan fingerprint density at radius 1 is 1.47 bits per heavy atom. The Balaban J connectivity index is 2.48. The predicted molar refractivity (Wildman–Crippen MR) is 72.4 cm³/mol. The summed E-state index contributed by atoms with van der Waals surface area (Å²) in [5, 5.41) is 3.48. The number of hydrogen-bond acceptors (Lipinski definition) is 6. The Morgan fingerprint density at radius 3 is 2.79 bits per heavy atom. The molecule has 19 heavy (non-hydrogen) atoms. The van der Waals surface area contributed by atoms with Crippen LogP contribution < -0.4 is 15.2 Å². The number of methoxy groups -OCH3 is 1. The summed E-state index contributed by atoms with van der Waals surface area (Å²) < 4.78 is 36.8. The quantitative estimate of drug-likeness (QED) is 0.817. The van der Waals surface area contributed by atoms with Gasteiger partial charge in [-0.3, -0.25) is 4.72 Å². The van der Waals surface area contributed by atoms with E-state index in [0.29, 0.717) is 4.47 Å². The molecular weight excluding hydrogens is 338 g/mol. The third-order valence-electron chi connectivity index (χ3n) is 2.25. The van der Waals surface area contributed by atoms with E-state index < -0.39 is 10.0 Å². The Bertz CT molecular complexity index is 685. The Hall–Kier alpha value is -1.74. The van der Waals surface area contributed by atoms with Crippen molar-refractivity contribution in [2.75, 3.05) is 17.6 Å². The lowest BCUT2D eigenvalue weighted by Gasteiger charge is -2.11. The van der Waals surface area contributed by atoms with Crippen LogP contribution in [-0.4, -0.2) is 20.7 Å². The second-order valence-corrected chi connectivity index (χ2v) is 6.02. The van der Waals surface area contributed by atoms with Crippen LogP contribution in [-0.2, 0) is 10.0 Å². The number of anilines is 2. The van der Waals surface area contributed by atoms with Gasteiger partial charge in [0.2, 0.25) is 0 Å². The minimum Gasteiger partial charge on any atom is -0.495 e.